The summed E-state index contributed by atoms with van der Waals surface area (Å²) in [5.41, 5.74) is 5.45. The smallest absolute Gasteiger partial charge is 0.279 e. The maximum Gasteiger partial charge on any atom is 0.279 e. The third kappa shape index (κ3) is 3.57. The van der Waals surface area contributed by atoms with E-state index in [2.05, 4.69) is 18.8 Å². The van der Waals surface area contributed by atoms with E-state index in [0.717, 1.165) is 11.8 Å². The van der Waals surface area contributed by atoms with Gasteiger partial charge in [0.1, 0.15) is 0 Å². The van der Waals surface area contributed by atoms with Crippen LogP contribution in [0.3, 0.4) is 0 Å². The topological polar surface area (TPSA) is 117 Å². The first-order valence-corrected chi connectivity index (χ1v) is 6.81. The summed E-state index contributed by atoms with van der Waals surface area (Å²) in [5, 5.41) is 9.62. The van der Waals surface area contributed by atoms with Gasteiger partial charge in [0, 0.05) is 0 Å². The Morgan fingerprint density at radius 2 is 2.24 bits per heavy atom. The van der Waals surface area contributed by atoms with Crippen LogP contribution in [0.25, 0.3) is 0 Å². The molecule has 5 N–H and O–H groups in total. The molecule has 0 fully saturated rings. The summed E-state index contributed by atoms with van der Waals surface area (Å²) in [4.78, 5) is 19.4. The molecule has 0 bridgehead atoms. The summed E-state index contributed by atoms with van der Waals surface area (Å²) in [5.74, 6) is -0.348. The Labute approximate surface area is 120 Å². The number of halogens is 2. The van der Waals surface area contributed by atoms with Crippen LogP contribution >= 0.6 is 46.2 Å². The Bertz CT molecular complexity index is 470. The first-order chi connectivity index (χ1) is 7.99. The van der Waals surface area contributed by atoms with Crippen LogP contribution in [0.4, 0.5) is 11.6 Å². The fraction of sp³-hybridized carbons (Fsp3) is 0.143. The van der Waals surface area contributed by atoms with Gasteiger partial charge in [-0.15, -0.1) is 0 Å². The van der Waals surface area contributed by atoms with Crippen molar-refractivity contribution >= 4 is 68.9 Å². The fourth-order valence-corrected chi connectivity index (χ4v) is 1.56. The van der Waals surface area contributed by atoms with Crippen molar-refractivity contribution in [2.45, 2.75) is 0 Å². The second-order valence-electron chi connectivity index (χ2n) is 2.68. The molecule has 1 heterocycles. The minimum Gasteiger partial charge on any atom is -0.381 e. The van der Waals surface area contributed by atoms with Gasteiger partial charge >= 0.3 is 0 Å². The van der Waals surface area contributed by atoms with Gasteiger partial charge in [-0.25, -0.2) is 9.97 Å². The van der Waals surface area contributed by atoms with E-state index in [1.54, 1.807) is 29.1 Å². The van der Waals surface area contributed by atoms with Crippen molar-refractivity contribution in [2.24, 2.45) is 0 Å². The molecule has 0 atom stereocenters. The second kappa shape index (κ2) is 6.21. The van der Waals surface area contributed by atoms with Crippen LogP contribution < -0.4 is 14.6 Å². The van der Waals surface area contributed by atoms with Crippen molar-refractivity contribution in [3.63, 3.8) is 0 Å². The zero-order chi connectivity index (χ0) is 13.0. The van der Waals surface area contributed by atoms with Crippen LogP contribution in [0, 0.1) is 5.41 Å². The lowest BCUT2D eigenvalue weighted by molar-refractivity contribution is 0.0973. The van der Waals surface area contributed by atoms with Crippen molar-refractivity contribution in [3.05, 3.63) is 10.8 Å². The Kier molecular flexibility index (Phi) is 5.21. The van der Waals surface area contributed by atoms with Gasteiger partial charge < -0.3 is 14.6 Å². The molecule has 0 saturated carbocycles. The lowest BCUT2D eigenvalue weighted by Crippen LogP contribution is -2.29. The van der Waals surface area contributed by atoms with Crippen molar-refractivity contribution in [2.75, 3.05) is 15.5 Å². The third-order valence-corrected chi connectivity index (χ3v) is 2.91. The quantitative estimate of drug-likeness (QED) is 0.265. The molecule has 1 amide bonds. The van der Waals surface area contributed by atoms with Crippen LogP contribution in [0.2, 0.25) is 5.15 Å². The minimum atomic E-state index is -0.571. The summed E-state index contributed by atoms with van der Waals surface area (Å²) < 4.78 is 2.66. The Hall–Kier alpha value is -0.810. The molecular weight excluding hydrogens is 379 g/mol. The predicted octanol–water partition coefficient (Wildman–Crippen LogP) is 1.50. The number of anilines is 2. The number of hydrogen-bond donors (Lipinski definition) is 4. The highest BCUT2D eigenvalue weighted by Gasteiger charge is 2.18. The number of amidine groups is 1. The number of aromatic nitrogens is 2. The van der Waals surface area contributed by atoms with Crippen molar-refractivity contribution < 1.29 is 4.79 Å². The number of nitrogens with two attached hydrogens (primary N) is 1. The first-order valence-electron chi connectivity index (χ1n) is 4.13. The highest BCUT2D eigenvalue weighted by atomic mass is 127. The van der Waals surface area contributed by atoms with Crippen molar-refractivity contribution in [3.8, 4) is 0 Å². The van der Waals surface area contributed by atoms with Gasteiger partial charge in [0.05, 0.1) is 22.9 Å². The number of thioether (sulfide) groups is 1. The number of amides is 1. The van der Waals surface area contributed by atoms with Crippen molar-refractivity contribution in [1.82, 2.24) is 15.3 Å². The molecule has 0 aliphatic heterocycles. The number of carbonyl (C=O) groups excluding carboxylic acids is 1. The third-order valence-electron chi connectivity index (χ3n) is 1.61. The predicted molar refractivity (Wildman–Crippen MR) is 77.8 cm³/mol. The maximum atomic E-state index is 11.7. The standard InChI is InChI=1S/C7H8ClIN6OS/c1-17-7(11)14-6(16)2-5(15-9)13-4(10)3(8)12-2/h1H3,(H3,10,13,15)(H2,11,14,16). The molecule has 1 aromatic rings. The molecule has 0 spiro atoms. The molecule has 0 unspecified atom stereocenters. The highest BCUT2D eigenvalue weighted by Crippen LogP contribution is 2.20. The molecule has 0 saturated heterocycles. The number of nitrogens with zero attached hydrogens (tertiary/aromatic N) is 2. The van der Waals surface area contributed by atoms with E-state index >= 15 is 0 Å². The average molecular weight is 387 g/mol. The van der Waals surface area contributed by atoms with Gasteiger partial charge in [-0.2, -0.15) is 0 Å². The summed E-state index contributed by atoms with van der Waals surface area (Å²) in [6.45, 7) is 0. The number of nitrogen functional groups attached to an aromatic ring is 1. The van der Waals surface area contributed by atoms with Gasteiger partial charge in [-0.1, -0.05) is 23.4 Å². The fourth-order valence-electron chi connectivity index (χ4n) is 0.865. The van der Waals surface area contributed by atoms with E-state index < -0.39 is 5.91 Å². The maximum absolute atomic E-state index is 11.7. The summed E-state index contributed by atoms with van der Waals surface area (Å²) >= 11 is 8.57. The van der Waals surface area contributed by atoms with E-state index in [0.29, 0.717) is 0 Å². The summed E-state index contributed by atoms with van der Waals surface area (Å²) in [6.07, 6.45) is 1.67. The van der Waals surface area contributed by atoms with Crippen LogP contribution in [-0.4, -0.2) is 27.3 Å². The molecule has 1 rings (SSSR count). The molecule has 92 valence electrons. The van der Waals surface area contributed by atoms with Crippen LogP contribution in [-0.2, 0) is 0 Å². The van der Waals surface area contributed by atoms with E-state index in [1.807, 2.05) is 0 Å². The van der Waals surface area contributed by atoms with Crippen LogP contribution in [0.15, 0.2) is 0 Å². The summed E-state index contributed by atoms with van der Waals surface area (Å²) in [7, 11) is 0. The molecule has 0 aliphatic carbocycles. The number of carbonyl (C=O) groups is 1. The molecule has 0 aliphatic rings. The molecule has 0 radical (unpaired) electrons. The average Bonchev–Trinajstić information content (AvgIpc) is 2.31. The lowest BCUT2D eigenvalue weighted by atomic mass is 10.4. The monoisotopic (exact) mass is 386 g/mol. The largest absolute Gasteiger partial charge is 0.381 e. The zero-order valence-electron chi connectivity index (χ0n) is 8.54. The Balaban J connectivity index is 3.08. The second-order valence-corrected chi connectivity index (χ2v) is 4.39. The Morgan fingerprint density at radius 1 is 1.59 bits per heavy atom. The van der Waals surface area contributed by atoms with Gasteiger partial charge in [0.2, 0.25) is 0 Å². The van der Waals surface area contributed by atoms with Gasteiger partial charge in [0.15, 0.2) is 27.7 Å². The highest BCUT2D eigenvalue weighted by molar-refractivity contribution is 14.1. The minimum absolute atomic E-state index is 0.00385. The van der Waals surface area contributed by atoms with Crippen molar-refractivity contribution in [1.29, 1.82) is 5.41 Å². The number of hydrogen-bond acceptors (Lipinski definition) is 7. The van der Waals surface area contributed by atoms with Gasteiger partial charge in [-0.3, -0.25) is 10.2 Å². The van der Waals surface area contributed by atoms with Gasteiger partial charge in [0.25, 0.3) is 5.91 Å². The van der Waals surface area contributed by atoms with E-state index in [1.165, 1.54) is 0 Å². The molecular formula is C7H8ClIN6OS. The number of rotatable bonds is 2. The Morgan fingerprint density at radius 3 is 2.76 bits per heavy atom. The van der Waals surface area contributed by atoms with E-state index in [4.69, 9.17) is 22.7 Å². The van der Waals surface area contributed by atoms with E-state index in [9.17, 15) is 4.79 Å². The molecule has 0 aromatic carbocycles. The number of nitrogens with one attached hydrogen (secondary N) is 3. The lowest BCUT2D eigenvalue weighted by Gasteiger charge is -2.08. The van der Waals surface area contributed by atoms with Crippen LogP contribution in [0.5, 0.6) is 0 Å². The van der Waals surface area contributed by atoms with Crippen LogP contribution in [0.1, 0.15) is 10.5 Å². The van der Waals surface area contributed by atoms with E-state index in [-0.39, 0.29) is 27.7 Å². The zero-order valence-corrected chi connectivity index (χ0v) is 12.3. The molecule has 7 nitrogen and oxygen atoms in total. The van der Waals surface area contributed by atoms with Gasteiger partial charge in [-0.05, 0) is 6.26 Å². The molecule has 10 heteroatoms. The SMILES string of the molecule is CSC(=N)NC(=O)c1nc(Cl)c(N)nc1NI. The molecule has 17 heavy (non-hydrogen) atoms. The summed E-state index contributed by atoms with van der Waals surface area (Å²) in [6, 6.07) is 0. The molecule has 1 aromatic heterocycles. The first kappa shape index (κ1) is 14.3. The normalized spacial score (nSPS) is 9.82.